The van der Waals surface area contributed by atoms with Gasteiger partial charge in [0.2, 0.25) is 0 Å². The van der Waals surface area contributed by atoms with Crippen molar-refractivity contribution in [1.29, 1.82) is 0 Å². The average Bonchev–Trinajstić information content (AvgIpc) is 3.14. The topological polar surface area (TPSA) is 94.8 Å². The van der Waals surface area contributed by atoms with Crippen molar-refractivity contribution in [2.45, 2.75) is 13.5 Å². The van der Waals surface area contributed by atoms with Crippen molar-refractivity contribution in [3.05, 3.63) is 62.6 Å². The first-order chi connectivity index (χ1) is 12.6. The van der Waals surface area contributed by atoms with Crippen molar-refractivity contribution < 1.29 is 23.5 Å². The van der Waals surface area contributed by atoms with Crippen molar-refractivity contribution >= 4 is 40.1 Å². The Hall–Kier alpha value is -3.13. The fourth-order valence-corrected chi connectivity index (χ4v) is 2.94. The molecular formula is C18H15NO6S. The molecule has 0 radical (unpaired) electrons. The fourth-order valence-electron chi connectivity index (χ4n) is 2.32. The molecule has 1 N–H and O–H groups in total. The zero-order valence-electron chi connectivity index (χ0n) is 13.8. The maximum absolute atomic E-state index is 12.0. The van der Waals surface area contributed by atoms with Crippen LogP contribution in [-0.4, -0.2) is 18.7 Å². The van der Waals surface area contributed by atoms with E-state index in [0.29, 0.717) is 21.5 Å². The van der Waals surface area contributed by atoms with Crippen molar-refractivity contribution in [3.8, 4) is 0 Å². The molecule has 8 heteroatoms. The number of carbonyl (C=O) groups excluding carboxylic acids is 2. The molecule has 3 rings (SSSR count). The molecule has 0 aliphatic heterocycles. The fraction of sp³-hybridized carbons (Fsp3) is 0.167. The molecule has 1 amide bonds. The maximum Gasteiger partial charge on any atom is 0.411 e. The Bertz CT molecular complexity index is 993. The molecule has 0 saturated carbocycles. The number of rotatable bonds is 5. The van der Waals surface area contributed by atoms with Gasteiger partial charge in [0.1, 0.15) is 17.1 Å². The summed E-state index contributed by atoms with van der Waals surface area (Å²) in [7, 11) is 0. The number of amides is 1. The third-order valence-electron chi connectivity index (χ3n) is 3.43. The van der Waals surface area contributed by atoms with E-state index in [1.54, 1.807) is 36.6 Å². The van der Waals surface area contributed by atoms with Crippen LogP contribution in [0.3, 0.4) is 0 Å². The second-order valence-electron chi connectivity index (χ2n) is 5.20. The Morgan fingerprint density at radius 2 is 2.04 bits per heavy atom. The van der Waals surface area contributed by atoms with Gasteiger partial charge in [-0.3, -0.25) is 5.32 Å². The molecule has 0 saturated heterocycles. The van der Waals surface area contributed by atoms with Gasteiger partial charge in [0.05, 0.1) is 6.61 Å². The molecule has 0 spiro atoms. The Balaban J connectivity index is 1.83. The molecule has 0 aliphatic carbocycles. The van der Waals surface area contributed by atoms with Crippen LogP contribution in [0.25, 0.3) is 11.0 Å². The summed E-state index contributed by atoms with van der Waals surface area (Å²) >= 11 is 1.28. The molecule has 0 unspecified atom stereocenters. The van der Waals surface area contributed by atoms with E-state index in [0.717, 1.165) is 0 Å². The van der Waals surface area contributed by atoms with Crippen molar-refractivity contribution in [3.63, 3.8) is 0 Å². The normalized spacial score (nSPS) is 10.5. The van der Waals surface area contributed by atoms with E-state index in [-0.39, 0.29) is 18.8 Å². The summed E-state index contributed by atoms with van der Waals surface area (Å²) in [4.78, 5) is 35.7. The highest BCUT2D eigenvalue weighted by atomic mass is 32.1. The quantitative estimate of drug-likeness (QED) is 0.540. The van der Waals surface area contributed by atoms with Gasteiger partial charge in [-0.15, -0.1) is 11.3 Å². The predicted octanol–water partition coefficient (Wildman–Crippen LogP) is 3.78. The van der Waals surface area contributed by atoms with Crippen molar-refractivity contribution in [2.24, 2.45) is 0 Å². The van der Waals surface area contributed by atoms with Gasteiger partial charge < -0.3 is 13.9 Å². The van der Waals surface area contributed by atoms with Crippen molar-refractivity contribution in [1.82, 2.24) is 0 Å². The second-order valence-corrected chi connectivity index (χ2v) is 6.15. The van der Waals surface area contributed by atoms with Crippen LogP contribution in [-0.2, 0) is 16.1 Å². The lowest BCUT2D eigenvalue weighted by Crippen LogP contribution is -2.13. The van der Waals surface area contributed by atoms with Gasteiger partial charge >= 0.3 is 17.7 Å². The van der Waals surface area contributed by atoms with Crippen LogP contribution in [0.2, 0.25) is 0 Å². The number of anilines is 1. The minimum Gasteiger partial charge on any atom is -0.457 e. The molecule has 3 aromatic rings. The van der Waals surface area contributed by atoms with Gasteiger partial charge in [-0.05, 0) is 30.5 Å². The highest BCUT2D eigenvalue weighted by Crippen LogP contribution is 2.22. The smallest absolute Gasteiger partial charge is 0.411 e. The SMILES string of the molecule is CCOC(=O)Nc1ccc2c(COC(=O)c3cccs3)cc(=O)oc2c1. The molecule has 0 fully saturated rings. The molecule has 26 heavy (non-hydrogen) atoms. The molecule has 7 nitrogen and oxygen atoms in total. The highest BCUT2D eigenvalue weighted by Gasteiger charge is 2.12. The Morgan fingerprint density at radius 1 is 1.19 bits per heavy atom. The number of benzene rings is 1. The first kappa shape index (κ1) is 17.7. The summed E-state index contributed by atoms with van der Waals surface area (Å²) in [5.41, 5.74) is 0.637. The number of nitrogens with one attached hydrogen (secondary N) is 1. The number of hydrogen-bond donors (Lipinski definition) is 1. The molecule has 134 valence electrons. The number of fused-ring (bicyclic) bond motifs is 1. The minimum absolute atomic E-state index is 0.0660. The van der Waals surface area contributed by atoms with Crippen LogP contribution in [0.5, 0.6) is 0 Å². The third kappa shape index (κ3) is 4.09. The summed E-state index contributed by atoms with van der Waals surface area (Å²) in [6, 6.07) is 9.53. The number of hydrogen-bond acceptors (Lipinski definition) is 7. The lowest BCUT2D eigenvalue weighted by Gasteiger charge is -2.09. The summed E-state index contributed by atoms with van der Waals surface area (Å²) in [5.74, 6) is -0.456. The summed E-state index contributed by atoms with van der Waals surface area (Å²) in [6.07, 6.45) is -0.602. The monoisotopic (exact) mass is 373 g/mol. The standard InChI is InChI=1S/C18H15NO6S/c1-2-23-18(22)19-12-5-6-13-11(8-16(20)25-14(13)9-12)10-24-17(21)15-4-3-7-26-15/h3-9H,2,10H2,1H3,(H,19,22). The lowest BCUT2D eigenvalue weighted by molar-refractivity contribution is 0.0479. The van der Waals surface area contributed by atoms with Crippen LogP contribution in [0.1, 0.15) is 22.2 Å². The van der Waals surface area contributed by atoms with Crippen molar-refractivity contribution in [2.75, 3.05) is 11.9 Å². The number of esters is 1. The zero-order valence-corrected chi connectivity index (χ0v) is 14.6. The first-order valence-corrected chi connectivity index (χ1v) is 8.66. The van der Waals surface area contributed by atoms with E-state index >= 15 is 0 Å². The Labute approximate surface area is 152 Å². The first-order valence-electron chi connectivity index (χ1n) is 7.78. The van der Waals surface area contributed by atoms with E-state index in [2.05, 4.69) is 5.32 Å². The zero-order chi connectivity index (χ0) is 18.5. The Kier molecular flexibility index (Phi) is 5.33. The van der Waals surface area contributed by atoms with E-state index in [9.17, 15) is 14.4 Å². The molecule has 0 aliphatic rings. The summed E-state index contributed by atoms with van der Waals surface area (Å²) < 4.78 is 15.2. The van der Waals surface area contributed by atoms with Gasteiger partial charge in [-0.1, -0.05) is 6.07 Å². The molecular weight excluding hydrogens is 358 g/mol. The molecule has 0 atom stereocenters. The summed E-state index contributed by atoms with van der Waals surface area (Å²) in [5, 5.41) is 4.92. The largest absolute Gasteiger partial charge is 0.457 e. The number of ether oxygens (including phenoxy) is 2. The molecule has 0 bridgehead atoms. The van der Waals surface area contributed by atoms with Crippen LogP contribution in [0.15, 0.2) is 51.0 Å². The lowest BCUT2D eigenvalue weighted by atomic mass is 10.1. The van der Waals surface area contributed by atoms with Gasteiger partial charge in [0, 0.05) is 28.8 Å². The number of carbonyl (C=O) groups is 2. The predicted molar refractivity (Wildman–Crippen MR) is 96.6 cm³/mol. The average molecular weight is 373 g/mol. The van der Waals surface area contributed by atoms with E-state index in [1.165, 1.54) is 23.5 Å². The molecule has 2 heterocycles. The van der Waals surface area contributed by atoms with Gasteiger partial charge in [0.25, 0.3) is 0 Å². The van der Waals surface area contributed by atoms with E-state index in [4.69, 9.17) is 13.9 Å². The second kappa shape index (κ2) is 7.83. The van der Waals surface area contributed by atoms with Crippen LogP contribution in [0.4, 0.5) is 10.5 Å². The molecule has 2 aromatic heterocycles. The van der Waals surface area contributed by atoms with Crippen LogP contribution >= 0.6 is 11.3 Å². The van der Waals surface area contributed by atoms with Gasteiger partial charge in [0.15, 0.2) is 0 Å². The van der Waals surface area contributed by atoms with E-state index < -0.39 is 17.7 Å². The third-order valence-corrected chi connectivity index (χ3v) is 4.28. The van der Waals surface area contributed by atoms with Crippen LogP contribution in [0, 0.1) is 0 Å². The summed E-state index contributed by atoms with van der Waals surface area (Å²) in [6.45, 7) is 1.88. The van der Waals surface area contributed by atoms with Gasteiger partial charge in [-0.25, -0.2) is 14.4 Å². The number of thiophene rings is 1. The highest BCUT2D eigenvalue weighted by molar-refractivity contribution is 7.11. The van der Waals surface area contributed by atoms with Crippen LogP contribution < -0.4 is 10.9 Å². The minimum atomic E-state index is -0.602. The maximum atomic E-state index is 12.0. The molecule has 1 aromatic carbocycles. The van der Waals surface area contributed by atoms with E-state index in [1.807, 2.05) is 0 Å². The van der Waals surface area contributed by atoms with Gasteiger partial charge in [-0.2, -0.15) is 0 Å². The Morgan fingerprint density at radius 3 is 2.77 bits per heavy atom.